The Bertz CT molecular complexity index is 638. The van der Waals surface area contributed by atoms with Crippen molar-refractivity contribution in [3.8, 4) is 0 Å². The fourth-order valence-corrected chi connectivity index (χ4v) is 1.87. The highest BCUT2D eigenvalue weighted by molar-refractivity contribution is 9.10. The van der Waals surface area contributed by atoms with Gasteiger partial charge in [0.05, 0.1) is 5.56 Å². The molecule has 0 saturated carbocycles. The number of nitrogens with zero attached hydrogens (tertiary/aromatic N) is 2. The minimum atomic E-state index is -1.05. The third-order valence-corrected chi connectivity index (χ3v) is 3.26. The lowest BCUT2D eigenvalue weighted by Crippen LogP contribution is -2.27. The van der Waals surface area contributed by atoms with Crippen molar-refractivity contribution in [2.24, 2.45) is 0 Å². The van der Waals surface area contributed by atoms with Gasteiger partial charge >= 0.3 is 5.97 Å². The summed E-state index contributed by atoms with van der Waals surface area (Å²) in [7, 11) is 1.59. The first-order valence-corrected chi connectivity index (χ1v) is 6.51. The normalized spacial score (nSPS) is 10.1. The zero-order valence-electron chi connectivity index (χ0n) is 10.6. The number of rotatable bonds is 3. The molecule has 1 amide bonds. The molecule has 20 heavy (non-hydrogen) atoms. The van der Waals surface area contributed by atoms with Gasteiger partial charge in [0.1, 0.15) is 5.82 Å². The maximum Gasteiger partial charge on any atom is 0.337 e. The molecule has 0 aliphatic rings. The molecule has 5 nitrogen and oxygen atoms in total. The summed E-state index contributed by atoms with van der Waals surface area (Å²) < 4.78 is 0.889. The highest BCUT2D eigenvalue weighted by Crippen LogP contribution is 2.16. The number of hydrogen-bond acceptors (Lipinski definition) is 3. The number of carbonyl (C=O) groups is 2. The van der Waals surface area contributed by atoms with Crippen LogP contribution in [0.15, 0.2) is 47.1 Å². The van der Waals surface area contributed by atoms with E-state index in [1.807, 2.05) is 0 Å². The number of pyridine rings is 1. The fourth-order valence-electron chi connectivity index (χ4n) is 1.60. The SMILES string of the molecule is CN(C(=O)c1ccc(Br)cc1)c1ccc(C(=O)O)cn1. The first-order chi connectivity index (χ1) is 9.49. The second-order valence-electron chi connectivity index (χ2n) is 4.08. The average Bonchev–Trinajstić information content (AvgIpc) is 2.46. The number of carboxylic acid groups (broad SMARTS) is 1. The minimum absolute atomic E-state index is 0.0817. The highest BCUT2D eigenvalue weighted by atomic mass is 79.9. The maximum atomic E-state index is 12.2. The summed E-state index contributed by atoms with van der Waals surface area (Å²) in [6.07, 6.45) is 1.23. The van der Waals surface area contributed by atoms with Crippen LogP contribution < -0.4 is 4.90 Å². The van der Waals surface area contributed by atoms with E-state index >= 15 is 0 Å². The maximum absolute atomic E-state index is 12.2. The molecule has 1 N–H and O–H groups in total. The molecule has 0 radical (unpaired) electrons. The van der Waals surface area contributed by atoms with Gasteiger partial charge in [0.25, 0.3) is 5.91 Å². The van der Waals surface area contributed by atoms with Crippen LogP contribution >= 0.6 is 15.9 Å². The summed E-state index contributed by atoms with van der Waals surface area (Å²) in [5.41, 5.74) is 0.609. The van der Waals surface area contributed by atoms with Crippen LogP contribution in [0, 0.1) is 0 Å². The van der Waals surface area contributed by atoms with E-state index < -0.39 is 5.97 Å². The van der Waals surface area contributed by atoms with Gasteiger partial charge in [-0.05, 0) is 36.4 Å². The standard InChI is InChI=1S/C14H11BrN2O3/c1-17(12-7-4-10(8-16-12)14(19)20)13(18)9-2-5-11(15)6-3-9/h2-8H,1H3,(H,19,20). The van der Waals surface area contributed by atoms with Crippen molar-refractivity contribution >= 4 is 33.6 Å². The summed E-state index contributed by atoms with van der Waals surface area (Å²) >= 11 is 3.31. The molecule has 0 aliphatic carbocycles. The molecule has 0 saturated heterocycles. The summed E-state index contributed by atoms with van der Waals surface area (Å²) in [6.45, 7) is 0. The van der Waals surface area contributed by atoms with E-state index in [-0.39, 0.29) is 11.5 Å². The van der Waals surface area contributed by atoms with Crippen LogP contribution in [0.4, 0.5) is 5.82 Å². The largest absolute Gasteiger partial charge is 0.478 e. The van der Waals surface area contributed by atoms with E-state index in [1.165, 1.54) is 23.2 Å². The van der Waals surface area contributed by atoms with E-state index in [9.17, 15) is 9.59 Å². The van der Waals surface area contributed by atoms with Gasteiger partial charge in [-0.2, -0.15) is 0 Å². The van der Waals surface area contributed by atoms with E-state index in [4.69, 9.17) is 5.11 Å². The van der Waals surface area contributed by atoms with Crippen molar-refractivity contribution < 1.29 is 14.7 Å². The average molecular weight is 335 g/mol. The molecule has 0 atom stereocenters. The van der Waals surface area contributed by atoms with Crippen molar-refractivity contribution in [3.63, 3.8) is 0 Å². The van der Waals surface area contributed by atoms with Crippen molar-refractivity contribution in [1.29, 1.82) is 0 Å². The van der Waals surface area contributed by atoms with Gasteiger partial charge in [-0.3, -0.25) is 9.69 Å². The van der Waals surface area contributed by atoms with Gasteiger partial charge in [-0.1, -0.05) is 15.9 Å². The van der Waals surface area contributed by atoms with Crippen LogP contribution in [0.3, 0.4) is 0 Å². The molecule has 1 aromatic carbocycles. The number of anilines is 1. The molecule has 102 valence electrons. The van der Waals surface area contributed by atoms with Gasteiger partial charge in [0.2, 0.25) is 0 Å². The molecule has 6 heteroatoms. The van der Waals surface area contributed by atoms with Crippen LogP contribution in [0.1, 0.15) is 20.7 Å². The molecule has 1 aromatic heterocycles. The Balaban J connectivity index is 2.22. The Morgan fingerprint density at radius 2 is 1.70 bits per heavy atom. The number of hydrogen-bond donors (Lipinski definition) is 1. The Morgan fingerprint density at radius 3 is 2.20 bits per heavy atom. The third kappa shape index (κ3) is 3.03. The number of aromatic nitrogens is 1. The number of benzene rings is 1. The quantitative estimate of drug-likeness (QED) is 0.936. The predicted octanol–water partition coefficient (Wildman–Crippen LogP) is 2.82. The first kappa shape index (κ1) is 14.2. The zero-order chi connectivity index (χ0) is 14.7. The molecular formula is C14H11BrN2O3. The number of carboxylic acids is 1. The molecule has 0 bridgehead atoms. The lowest BCUT2D eigenvalue weighted by molar-refractivity contribution is 0.0696. The number of carbonyl (C=O) groups excluding carboxylic acids is 1. The van der Waals surface area contributed by atoms with Crippen LogP contribution in [0.2, 0.25) is 0 Å². The topological polar surface area (TPSA) is 70.5 Å². The van der Waals surface area contributed by atoms with Gasteiger partial charge in [0.15, 0.2) is 0 Å². The first-order valence-electron chi connectivity index (χ1n) is 5.72. The molecule has 0 fully saturated rings. The van der Waals surface area contributed by atoms with Crippen LogP contribution in [-0.2, 0) is 0 Å². The van der Waals surface area contributed by atoms with Crippen molar-refractivity contribution in [1.82, 2.24) is 4.98 Å². The predicted molar refractivity (Wildman–Crippen MR) is 78.1 cm³/mol. The van der Waals surface area contributed by atoms with Crippen molar-refractivity contribution in [2.45, 2.75) is 0 Å². The second-order valence-corrected chi connectivity index (χ2v) is 5.00. The van der Waals surface area contributed by atoms with Crippen LogP contribution in [0.5, 0.6) is 0 Å². The summed E-state index contributed by atoms with van der Waals surface area (Å²) in [4.78, 5) is 28.3. The van der Waals surface area contributed by atoms with E-state index in [0.29, 0.717) is 11.4 Å². The highest BCUT2D eigenvalue weighted by Gasteiger charge is 2.15. The molecule has 0 unspecified atom stereocenters. The summed E-state index contributed by atoms with van der Waals surface area (Å²) in [6, 6.07) is 9.88. The van der Waals surface area contributed by atoms with Gasteiger partial charge < -0.3 is 5.11 Å². The monoisotopic (exact) mass is 334 g/mol. The Kier molecular flexibility index (Phi) is 4.14. The molecule has 1 heterocycles. The molecule has 0 aliphatic heterocycles. The molecule has 2 aromatic rings. The second kappa shape index (κ2) is 5.83. The van der Waals surface area contributed by atoms with Crippen molar-refractivity contribution in [2.75, 3.05) is 11.9 Å². The Morgan fingerprint density at radius 1 is 1.10 bits per heavy atom. The smallest absolute Gasteiger partial charge is 0.337 e. The van der Waals surface area contributed by atoms with Gasteiger partial charge in [0, 0.05) is 23.3 Å². The van der Waals surface area contributed by atoms with E-state index in [2.05, 4.69) is 20.9 Å². The zero-order valence-corrected chi connectivity index (χ0v) is 12.2. The van der Waals surface area contributed by atoms with Gasteiger partial charge in [-0.15, -0.1) is 0 Å². The fraction of sp³-hybridized carbons (Fsp3) is 0.0714. The third-order valence-electron chi connectivity index (χ3n) is 2.73. The summed E-state index contributed by atoms with van der Waals surface area (Å²) in [5, 5.41) is 8.80. The number of halogens is 1. The van der Waals surface area contributed by atoms with E-state index in [0.717, 1.165) is 4.47 Å². The number of aromatic carboxylic acids is 1. The van der Waals surface area contributed by atoms with Crippen LogP contribution in [-0.4, -0.2) is 29.0 Å². The number of amides is 1. The minimum Gasteiger partial charge on any atom is -0.478 e. The lowest BCUT2D eigenvalue weighted by Gasteiger charge is -2.16. The summed E-state index contributed by atoms with van der Waals surface area (Å²) in [5.74, 6) is -0.873. The molecular weight excluding hydrogens is 324 g/mol. The van der Waals surface area contributed by atoms with Crippen molar-refractivity contribution in [3.05, 3.63) is 58.2 Å². The molecule has 0 spiro atoms. The molecule has 2 rings (SSSR count). The van der Waals surface area contributed by atoms with E-state index in [1.54, 1.807) is 31.3 Å². The van der Waals surface area contributed by atoms with Crippen LogP contribution in [0.25, 0.3) is 0 Å². The Labute approximate surface area is 124 Å². The van der Waals surface area contributed by atoms with Gasteiger partial charge in [-0.25, -0.2) is 9.78 Å². The Hall–Kier alpha value is -2.21. The lowest BCUT2D eigenvalue weighted by atomic mass is 10.2.